The molecule has 0 fully saturated rings. The van der Waals surface area contributed by atoms with Gasteiger partial charge in [-0.2, -0.15) is 0 Å². The molecule has 0 spiro atoms. The van der Waals surface area contributed by atoms with E-state index in [9.17, 15) is 5.11 Å². The van der Waals surface area contributed by atoms with E-state index in [0.29, 0.717) is 28.5 Å². The fourth-order valence-electron chi connectivity index (χ4n) is 4.55. The Labute approximate surface area is 147 Å². The minimum atomic E-state index is -1.74. The molecule has 2 nitrogen and oxygen atoms in total. The number of hydrogen-bond donors (Lipinski definition) is 1. The van der Waals surface area contributed by atoms with E-state index in [4.69, 9.17) is 4.43 Å². The van der Waals surface area contributed by atoms with Crippen LogP contribution in [0.4, 0.5) is 0 Å². The third kappa shape index (κ3) is 7.27. The molecule has 3 heteroatoms. The average molecular weight is 345 g/mol. The third-order valence-corrected chi connectivity index (χ3v) is 11.5. The second-order valence-corrected chi connectivity index (χ2v) is 14.2. The van der Waals surface area contributed by atoms with Crippen LogP contribution >= 0.6 is 0 Å². The van der Waals surface area contributed by atoms with Gasteiger partial charge in [-0.15, -0.1) is 0 Å². The predicted molar refractivity (Wildman–Crippen MR) is 105 cm³/mol. The second-order valence-electron chi connectivity index (χ2n) is 8.75. The number of aliphatic hydroxyl groups excluding tert-OH is 1. The normalized spacial score (nSPS) is 17.1. The molecule has 0 rings (SSSR count). The molecule has 0 bridgehead atoms. The molecule has 1 N–H and O–H groups in total. The van der Waals surface area contributed by atoms with Gasteiger partial charge in [0, 0.05) is 6.61 Å². The first-order valence-corrected chi connectivity index (χ1v) is 12.0. The molecule has 0 saturated carbocycles. The molecule has 0 radical (unpaired) electrons. The standard InChI is InChI=1S/C20H44O2Si/c1-10-11-20(21)13-18(8)12-19(9)14-22-23(15(2)3,16(4)5)17(6)7/h15-21H,10-14H2,1-9H3/t18-,19-,20+/m1/s1. The lowest BCUT2D eigenvalue weighted by molar-refractivity contribution is 0.124. The van der Waals surface area contributed by atoms with Crippen molar-refractivity contribution in [1.29, 1.82) is 0 Å². The van der Waals surface area contributed by atoms with E-state index in [1.54, 1.807) is 0 Å². The molecule has 0 aliphatic rings. The number of hydrogen-bond acceptors (Lipinski definition) is 2. The minimum absolute atomic E-state index is 0.126. The summed E-state index contributed by atoms with van der Waals surface area (Å²) in [5.74, 6) is 1.14. The van der Waals surface area contributed by atoms with Crippen molar-refractivity contribution in [3.8, 4) is 0 Å². The van der Waals surface area contributed by atoms with Crippen molar-refractivity contribution < 1.29 is 9.53 Å². The molecule has 0 heterocycles. The fraction of sp³-hybridized carbons (Fsp3) is 1.00. The lowest BCUT2D eigenvalue weighted by Crippen LogP contribution is -2.48. The highest BCUT2D eigenvalue weighted by molar-refractivity contribution is 6.77. The molecular weight excluding hydrogens is 300 g/mol. The van der Waals surface area contributed by atoms with Crippen molar-refractivity contribution in [2.75, 3.05) is 6.61 Å². The number of rotatable bonds is 12. The van der Waals surface area contributed by atoms with E-state index >= 15 is 0 Å². The van der Waals surface area contributed by atoms with Gasteiger partial charge in [-0.1, -0.05) is 68.7 Å². The summed E-state index contributed by atoms with van der Waals surface area (Å²) in [5, 5.41) is 9.99. The Morgan fingerprint density at radius 1 is 0.783 bits per heavy atom. The van der Waals surface area contributed by atoms with Gasteiger partial charge in [-0.3, -0.25) is 0 Å². The van der Waals surface area contributed by atoms with E-state index in [1.165, 1.54) is 0 Å². The Balaban J connectivity index is 4.56. The SMILES string of the molecule is CCC[C@H](O)C[C@H](C)C[C@@H](C)CO[Si](C(C)C)(C(C)C)C(C)C. The molecule has 0 saturated heterocycles. The third-order valence-electron chi connectivity index (χ3n) is 5.43. The van der Waals surface area contributed by atoms with Gasteiger partial charge < -0.3 is 9.53 Å². The van der Waals surface area contributed by atoms with Crippen molar-refractivity contribution in [3.05, 3.63) is 0 Å². The first-order valence-electron chi connectivity index (χ1n) is 9.89. The molecule has 0 aromatic rings. The monoisotopic (exact) mass is 344 g/mol. The molecule has 0 aromatic carbocycles. The first-order chi connectivity index (χ1) is 10.6. The van der Waals surface area contributed by atoms with Crippen LogP contribution in [0.3, 0.4) is 0 Å². The van der Waals surface area contributed by atoms with Crippen LogP contribution in [-0.2, 0) is 4.43 Å². The summed E-state index contributed by atoms with van der Waals surface area (Å²) in [6, 6.07) is 0. The Bertz CT molecular complexity index is 280. The van der Waals surface area contributed by atoms with Crippen LogP contribution in [0.5, 0.6) is 0 Å². The first kappa shape index (κ1) is 23.1. The second kappa shape index (κ2) is 10.9. The molecular formula is C20H44O2Si. The molecule has 0 amide bonds. The zero-order chi connectivity index (χ0) is 18.2. The van der Waals surface area contributed by atoms with E-state index in [1.807, 2.05) is 0 Å². The average Bonchev–Trinajstić information content (AvgIpc) is 2.37. The summed E-state index contributed by atoms with van der Waals surface area (Å²) in [6.45, 7) is 21.7. The summed E-state index contributed by atoms with van der Waals surface area (Å²) in [5.41, 5.74) is 1.95. The molecule has 140 valence electrons. The predicted octanol–water partition coefficient (Wildman–Crippen LogP) is 6.39. The molecule has 0 aliphatic carbocycles. The maximum Gasteiger partial charge on any atom is 0.200 e. The lowest BCUT2D eigenvalue weighted by atomic mass is 9.92. The van der Waals surface area contributed by atoms with Crippen LogP contribution in [-0.4, -0.2) is 26.1 Å². The van der Waals surface area contributed by atoms with Gasteiger partial charge >= 0.3 is 0 Å². The molecule has 23 heavy (non-hydrogen) atoms. The Morgan fingerprint density at radius 3 is 1.65 bits per heavy atom. The topological polar surface area (TPSA) is 29.5 Å². The van der Waals surface area contributed by atoms with Crippen LogP contribution in [0, 0.1) is 11.8 Å². The van der Waals surface area contributed by atoms with Crippen LogP contribution < -0.4 is 0 Å². The van der Waals surface area contributed by atoms with Crippen LogP contribution in [0.1, 0.15) is 88.0 Å². The van der Waals surface area contributed by atoms with Crippen LogP contribution in [0.2, 0.25) is 16.6 Å². The van der Waals surface area contributed by atoms with Gasteiger partial charge in [0.1, 0.15) is 0 Å². The van der Waals surface area contributed by atoms with E-state index in [-0.39, 0.29) is 6.10 Å². The highest BCUT2D eigenvalue weighted by atomic mass is 28.4. The van der Waals surface area contributed by atoms with Crippen molar-refractivity contribution in [3.63, 3.8) is 0 Å². The molecule has 0 aliphatic heterocycles. The van der Waals surface area contributed by atoms with E-state index in [2.05, 4.69) is 62.3 Å². The van der Waals surface area contributed by atoms with Gasteiger partial charge in [0.2, 0.25) is 0 Å². The van der Waals surface area contributed by atoms with Gasteiger partial charge in [0.05, 0.1) is 6.10 Å². The maximum atomic E-state index is 9.99. The zero-order valence-electron chi connectivity index (χ0n) is 17.4. The summed E-state index contributed by atoms with van der Waals surface area (Å²) in [6.07, 6.45) is 3.95. The van der Waals surface area contributed by atoms with Gasteiger partial charge in [-0.25, -0.2) is 0 Å². The lowest BCUT2D eigenvalue weighted by Gasteiger charge is -2.43. The largest absolute Gasteiger partial charge is 0.416 e. The number of aliphatic hydroxyl groups is 1. The summed E-state index contributed by atoms with van der Waals surface area (Å²) < 4.78 is 6.71. The molecule has 0 unspecified atom stereocenters. The summed E-state index contributed by atoms with van der Waals surface area (Å²) in [7, 11) is -1.74. The van der Waals surface area contributed by atoms with Gasteiger partial charge in [0.15, 0.2) is 8.32 Å². The van der Waals surface area contributed by atoms with Crippen molar-refractivity contribution in [2.24, 2.45) is 11.8 Å². The van der Waals surface area contributed by atoms with Crippen molar-refractivity contribution in [1.82, 2.24) is 0 Å². The highest BCUT2D eigenvalue weighted by Gasteiger charge is 2.45. The van der Waals surface area contributed by atoms with Crippen LogP contribution in [0.25, 0.3) is 0 Å². The fourth-order valence-corrected chi connectivity index (χ4v) is 10.1. The van der Waals surface area contributed by atoms with Gasteiger partial charge in [-0.05, 0) is 47.7 Å². The summed E-state index contributed by atoms with van der Waals surface area (Å²) >= 11 is 0. The summed E-state index contributed by atoms with van der Waals surface area (Å²) in [4.78, 5) is 0. The quantitative estimate of drug-likeness (QED) is 0.415. The van der Waals surface area contributed by atoms with Crippen LogP contribution in [0.15, 0.2) is 0 Å². The van der Waals surface area contributed by atoms with Crippen molar-refractivity contribution in [2.45, 2.75) is 111 Å². The smallest absolute Gasteiger partial charge is 0.200 e. The molecule has 3 atom stereocenters. The Kier molecular flexibility index (Phi) is 11.0. The maximum absolute atomic E-state index is 9.99. The Morgan fingerprint density at radius 2 is 1.26 bits per heavy atom. The van der Waals surface area contributed by atoms with E-state index in [0.717, 1.165) is 32.3 Å². The zero-order valence-corrected chi connectivity index (χ0v) is 18.4. The van der Waals surface area contributed by atoms with E-state index < -0.39 is 8.32 Å². The highest BCUT2D eigenvalue weighted by Crippen LogP contribution is 2.42. The van der Waals surface area contributed by atoms with Crippen molar-refractivity contribution >= 4 is 8.32 Å². The Hall–Kier alpha value is 0.137. The van der Waals surface area contributed by atoms with Gasteiger partial charge in [0.25, 0.3) is 0 Å². The minimum Gasteiger partial charge on any atom is -0.416 e. The molecule has 0 aromatic heterocycles.